The van der Waals surface area contributed by atoms with Gasteiger partial charge in [0.15, 0.2) is 0 Å². The lowest BCUT2D eigenvalue weighted by atomic mass is 10.1. The minimum atomic E-state index is 0.0584. The van der Waals surface area contributed by atoms with E-state index in [1.54, 1.807) is 0 Å². The van der Waals surface area contributed by atoms with Crippen LogP contribution >= 0.6 is 22.6 Å². The van der Waals surface area contributed by atoms with Crippen molar-refractivity contribution in [2.75, 3.05) is 18.4 Å². The number of benzene rings is 1. The van der Waals surface area contributed by atoms with Crippen molar-refractivity contribution in [3.05, 3.63) is 51.9 Å². The van der Waals surface area contributed by atoms with Gasteiger partial charge in [-0.25, -0.2) is 0 Å². The van der Waals surface area contributed by atoms with Gasteiger partial charge < -0.3 is 9.88 Å². The van der Waals surface area contributed by atoms with Crippen molar-refractivity contribution >= 4 is 34.2 Å². The predicted octanol–water partition coefficient (Wildman–Crippen LogP) is 3.41. The Morgan fingerprint density at radius 1 is 1.36 bits per heavy atom. The van der Waals surface area contributed by atoms with E-state index in [-0.39, 0.29) is 5.91 Å². The Balaban J connectivity index is 1.64. The topological polar surface area (TPSA) is 37.3 Å². The second-order valence-electron chi connectivity index (χ2n) is 5.73. The van der Waals surface area contributed by atoms with E-state index in [1.807, 2.05) is 24.3 Å². The first kappa shape index (κ1) is 15.6. The maximum absolute atomic E-state index is 12.3. The molecule has 0 spiro atoms. The van der Waals surface area contributed by atoms with Crippen molar-refractivity contribution in [3.63, 3.8) is 0 Å². The van der Waals surface area contributed by atoms with Gasteiger partial charge in [-0.3, -0.25) is 9.69 Å². The fourth-order valence-corrected chi connectivity index (χ4v) is 3.67. The molecule has 5 heteroatoms. The first-order valence-corrected chi connectivity index (χ1v) is 8.62. The van der Waals surface area contributed by atoms with Crippen molar-refractivity contribution in [1.29, 1.82) is 0 Å². The highest BCUT2D eigenvalue weighted by atomic mass is 127. The summed E-state index contributed by atoms with van der Waals surface area (Å²) in [5, 5.41) is 3.00. The van der Waals surface area contributed by atoms with Gasteiger partial charge in [0.25, 0.3) is 0 Å². The van der Waals surface area contributed by atoms with E-state index >= 15 is 0 Å². The molecule has 1 saturated heterocycles. The number of likely N-dealkylation sites (tertiary alicyclic amines) is 1. The van der Waals surface area contributed by atoms with E-state index in [0.29, 0.717) is 12.6 Å². The van der Waals surface area contributed by atoms with Gasteiger partial charge in [-0.15, -0.1) is 0 Å². The number of halogens is 1. The number of rotatable bonds is 4. The summed E-state index contributed by atoms with van der Waals surface area (Å²) in [7, 11) is 2.07. The van der Waals surface area contributed by atoms with Crippen molar-refractivity contribution in [2.45, 2.75) is 18.9 Å². The summed E-state index contributed by atoms with van der Waals surface area (Å²) < 4.78 is 3.28. The first-order valence-electron chi connectivity index (χ1n) is 7.54. The number of amides is 1. The molecule has 1 fully saturated rings. The maximum atomic E-state index is 12.3. The highest BCUT2D eigenvalue weighted by Crippen LogP contribution is 2.31. The van der Waals surface area contributed by atoms with Gasteiger partial charge in [0.1, 0.15) is 0 Å². The normalized spacial score (nSPS) is 18.5. The van der Waals surface area contributed by atoms with Gasteiger partial charge >= 0.3 is 0 Å². The van der Waals surface area contributed by atoms with Crippen LogP contribution < -0.4 is 5.32 Å². The van der Waals surface area contributed by atoms with E-state index in [2.05, 4.69) is 62.8 Å². The third-order valence-corrected chi connectivity index (χ3v) is 4.82. The number of aromatic nitrogens is 1. The summed E-state index contributed by atoms with van der Waals surface area (Å²) in [6.45, 7) is 1.43. The molecule has 0 radical (unpaired) electrons. The molecule has 3 rings (SSSR count). The summed E-state index contributed by atoms with van der Waals surface area (Å²) in [5.74, 6) is 0.0584. The number of aryl methyl sites for hydroxylation is 1. The molecule has 1 aliphatic rings. The summed E-state index contributed by atoms with van der Waals surface area (Å²) in [5.41, 5.74) is 2.16. The van der Waals surface area contributed by atoms with E-state index in [1.165, 1.54) is 5.69 Å². The zero-order chi connectivity index (χ0) is 15.5. The lowest BCUT2D eigenvalue weighted by Crippen LogP contribution is -2.33. The third-order valence-electron chi connectivity index (χ3n) is 4.14. The second-order valence-corrected chi connectivity index (χ2v) is 6.98. The number of nitrogens with zero attached hydrogens (tertiary/aromatic N) is 2. The average molecular weight is 409 g/mol. The van der Waals surface area contributed by atoms with Crippen LogP contribution in [0.4, 0.5) is 5.69 Å². The SMILES string of the molecule is Cn1cccc1[C@@H]1CCCN1CC(=O)Nc1cccc(I)c1. The smallest absolute Gasteiger partial charge is 0.238 e. The number of carbonyl (C=O) groups excluding carboxylic acids is 1. The number of carbonyl (C=O) groups is 1. The van der Waals surface area contributed by atoms with Crippen LogP contribution in [0.1, 0.15) is 24.6 Å². The zero-order valence-corrected chi connectivity index (χ0v) is 14.8. The van der Waals surface area contributed by atoms with Gasteiger partial charge in [-0.2, -0.15) is 0 Å². The molecule has 2 aromatic rings. The van der Waals surface area contributed by atoms with Crippen LogP contribution in [0.5, 0.6) is 0 Å². The number of nitrogens with one attached hydrogen (secondary N) is 1. The Bertz CT molecular complexity index is 667. The van der Waals surface area contributed by atoms with Gasteiger partial charge in [0.05, 0.1) is 12.6 Å². The van der Waals surface area contributed by atoms with Crippen molar-refractivity contribution < 1.29 is 4.79 Å². The maximum Gasteiger partial charge on any atom is 0.238 e. The molecular weight excluding hydrogens is 389 g/mol. The van der Waals surface area contributed by atoms with Crippen molar-refractivity contribution in [2.24, 2.45) is 7.05 Å². The van der Waals surface area contributed by atoms with E-state index in [0.717, 1.165) is 28.6 Å². The van der Waals surface area contributed by atoms with Gasteiger partial charge in [0, 0.05) is 28.2 Å². The van der Waals surface area contributed by atoms with E-state index in [4.69, 9.17) is 0 Å². The number of anilines is 1. The highest BCUT2D eigenvalue weighted by molar-refractivity contribution is 14.1. The molecule has 2 heterocycles. The molecule has 1 aliphatic heterocycles. The van der Waals surface area contributed by atoms with Gasteiger partial charge in [0.2, 0.25) is 5.91 Å². The molecule has 0 aliphatic carbocycles. The summed E-state index contributed by atoms with van der Waals surface area (Å²) in [4.78, 5) is 14.6. The Morgan fingerprint density at radius 2 is 2.23 bits per heavy atom. The van der Waals surface area contributed by atoms with E-state index < -0.39 is 0 Å². The molecular formula is C17H20IN3O. The second kappa shape index (κ2) is 6.83. The molecule has 1 N–H and O–H groups in total. The lowest BCUT2D eigenvalue weighted by molar-refractivity contribution is -0.117. The number of hydrogen-bond acceptors (Lipinski definition) is 2. The molecule has 4 nitrogen and oxygen atoms in total. The van der Waals surface area contributed by atoms with Gasteiger partial charge in [-0.1, -0.05) is 6.07 Å². The lowest BCUT2D eigenvalue weighted by Gasteiger charge is -2.24. The Hall–Kier alpha value is -1.34. The van der Waals surface area contributed by atoms with E-state index in [9.17, 15) is 4.79 Å². The first-order chi connectivity index (χ1) is 10.6. The number of hydrogen-bond donors (Lipinski definition) is 1. The molecule has 116 valence electrons. The molecule has 0 bridgehead atoms. The van der Waals surface area contributed by atoms with Gasteiger partial charge in [-0.05, 0) is 72.3 Å². The van der Waals surface area contributed by atoms with Crippen LogP contribution in [0.2, 0.25) is 0 Å². The quantitative estimate of drug-likeness (QED) is 0.787. The monoisotopic (exact) mass is 409 g/mol. The van der Waals surface area contributed by atoms with Crippen LogP contribution in [0, 0.1) is 3.57 Å². The summed E-state index contributed by atoms with van der Waals surface area (Å²) in [6.07, 6.45) is 4.33. The zero-order valence-electron chi connectivity index (χ0n) is 12.6. The Kier molecular flexibility index (Phi) is 4.83. The molecule has 1 aromatic carbocycles. The third kappa shape index (κ3) is 3.52. The Morgan fingerprint density at radius 3 is 2.95 bits per heavy atom. The van der Waals surface area contributed by atoms with Crippen LogP contribution in [0.3, 0.4) is 0 Å². The summed E-state index contributed by atoms with van der Waals surface area (Å²) in [6, 6.07) is 12.5. The fourth-order valence-electron chi connectivity index (χ4n) is 3.12. The fraction of sp³-hybridized carbons (Fsp3) is 0.353. The standard InChI is InChI=1S/C17H20IN3O/c1-20-9-3-7-15(20)16-8-4-10-21(16)12-17(22)19-14-6-2-5-13(18)11-14/h2-3,5-7,9,11,16H,4,8,10,12H2,1H3,(H,19,22)/t16-/m0/s1. The minimum Gasteiger partial charge on any atom is -0.353 e. The minimum absolute atomic E-state index is 0.0584. The summed E-state index contributed by atoms with van der Waals surface area (Å²) >= 11 is 2.25. The molecule has 22 heavy (non-hydrogen) atoms. The molecule has 1 amide bonds. The van der Waals surface area contributed by atoms with Crippen molar-refractivity contribution in [3.8, 4) is 0 Å². The van der Waals surface area contributed by atoms with Crippen LogP contribution in [-0.2, 0) is 11.8 Å². The average Bonchev–Trinajstić information content (AvgIpc) is 3.07. The van der Waals surface area contributed by atoms with Crippen LogP contribution in [-0.4, -0.2) is 28.5 Å². The van der Waals surface area contributed by atoms with Crippen molar-refractivity contribution in [1.82, 2.24) is 9.47 Å². The Labute approximate surface area is 144 Å². The predicted molar refractivity (Wildman–Crippen MR) is 96.7 cm³/mol. The molecule has 1 atom stereocenters. The van der Waals surface area contributed by atoms with Crippen LogP contribution in [0.25, 0.3) is 0 Å². The molecule has 1 aromatic heterocycles. The molecule has 0 saturated carbocycles. The largest absolute Gasteiger partial charge is 0.353 e. The highest BCUT2D eigenvalue weighted by Gasteiger charge is 2.28. The molecule has 0 unspecified atom stereocenters. The van der Waals surface area contributed by atoms with Crippen LogP contribution in [0.15, 0.2) is 42.6 Å².